The van der Waals surface area contributed by atoms with Gasteiger partial charge in [-0.05, 0) is 35.9 Å². The number of halogens is 3. The van der Waals surface area contributed by atoms with E-state index in [-0.39, 0.29) is 0 Å². The van der Waals surface area contributed by atoms with Gasteiger partial charge in [0.1, 0.15) is 4.90 Å². The van der Waals surface area contributed by atoms with E-state index in [9.17, 15) is 21.6 Å². The molecule has 0 fully saturated rings. The standard InChI is InChI=1S/C19H17F3N2O2S/c1-2-23-10-13-6-5-8-16-18(13)14(11-23)12-24(16)27(25,26)17-9-4-3-7-15(17)19(20,21)22/h3-9,12H,2,10-11H2,1H3. The average Bonchev–Trinajstić information content (AvgIpc) is 3.02. The number of benzene rings is 2. The number of rotatable bonds is 3. The molecule has 2 aromatic carbocycles. The molecule has 8 heteroatoms. The average molecular weight is 394 g/mol. The molecule has 4 nitrogen and oxygen atoms in total. The molecule has 3 aromatic rings. The second kappa shape index (κ2) is 6.10. The fourth-order valence-corrected chi connectivity index (χ4v) is 5.26. The summed E-state index contributed by atoms with van der Waals surface area (Å²) >= 11 is 0. The molecule has 0 atom stereocenters. The minimum atomic E-state index is -4.76. The summed E-state index contributed by atoms with van der Waals surface area (Å²) in [5.74, 6) is 0. The van der Waals surface area contributed by atoms with Gasteiger partial charge in [-0.1, -0.05) is 31.2 Å². The third kappa shape index (κ3) is 2.83. The number of alkyl halides is 3. The van der Waals surface area contributed by atoms with Crippen LogP contribution >= 0.6 is 0 Å². The molecule has 4 rings (SSSR count). The summed E-state index contributed by atoms with van der Waals surface area (Å²) in [7, 11) is -4.40. The molecule has 142 valence electrons. The van der Waals surface area contributed by atoms with Crippen LogP contribution in [0.5, 0.6) is 0 Å². The van der Waals surface area contributed by atoms with Gasteiger partial charge in [-0.15, -0.1) is 0 Å². The molecular formula is C19H17F3N2O2S. The molecule has 0 spiro atoms. The van der Waals surface area contributed by atoms with Crippen molar-refractivity contribution in [1.29, 1.82) is 0 Å². The first-order valence-corrected chi connectivity index (χ1v) is 9.93. The van der Waals surface area contributed by atoms with Crippen LogP contribution in [0, 0.1) is 0 Å². The zero-order chi connectivity index (χ0) is 19.4. The van der Waals surface area contributed by atoms with Crippen molar-refractivity contribution in [2.75, 3.05) is 6.54 Å². The molecule has 0 aliphatic carbocycles. The van der Waals surface area contributed by atoms with Crippen LogP contribution in [0.4, 0.5) is 13.2 Å². The lowest BCUT2D eigenvalue weighted by Gasteiger charge is -2.25. The maximum atomic E-state index is 13.4. The zero-order valence-electron chi connectivity index (χ0n) is 14.5. The molecule has 0 unspecified atom stereocenters. The van der Waals surface area contributed by atoms with Gasteiger partial charge in [-0.25, -0.2) is 12.4 Å². The largest absolute Gasteiger partial charge is 0.417 e. The maximum Gasteiger partial charge on any atom is 0.417 e. The Morgan fingerprint density at radius 3 is 2.41 bits per heavy atom. The summed E-state index contributed by atoms with van der Waals surface area (Å²) in [5, 5.41) is 0.815. The van der Waals surface area contributed by atoms with Crippen LogP contribution in [-0.4, -0.2) is 23.8 Å². The van der Waals surface area contributed by atoms with E-state index < -0.39 is 26.7 Å². The van der Waals surface area contributed by atoms with Gasteiger partial charge >= 0.3 is 6.18 Å². The number of aromatic nitrogens is 1. The van der Waals surface area contributed by atoms with Gasteiger partial charge in [0, 0.05) is 24.7 Å². The van der Waals surface area contributed by atoms with Crippen molar-refractivity contribution in [3.63, 3.8) is 0 Å². The SMILES string of the molecule is CCN1Cc2cccc3c2c(cn3S(=O)(=O)c2ccccc2C(F)(F)F)C1. The minimum Gasteiger partial charge on any atom is -0.295 e. The van der Waals surface area contributed by atoms with Crippen LogP contribution in [0.25, 0.3) is 10.9 Å². The van der Waals surface area contributed by atoms with Gasteiger partial charge < -0.3 is 0 Å². The third-order valence-electron chi connectivity index (χ3n) is 4.92. The normalized spacial score (nSPS) is 15.4. The summed E-state index contributed by atoms with van der Waals surface area (Å²) < 4.78 is 67.5. The van der Waals surface area contributed by atoms with Crippen molar-refractivity contribution in [3.8, 4) is 0 Å². The Balaban J connectivity index is 1.96. The van der Waals surface area contributed by atoms with Gasteiger partial charge in [0.05, 0.1) is 11.1 Å². The molecule has 27 heavy (non-hydrogen) atoms. The molecule has 0 saturated carbocycles. The summed E-state index contributed by atoms with van der Waals surface area (Å²) in [6, 6.07) is 9.59. The maximum absolute atomic E-state index is 13.4. The van der Waals surface area contributed by atoms with Crippen molar-refractivity contribution in [2.24, 2.45) is 0 Å². The second-order valence-corrected chi connectivity index (χ2v) is 8.35. The van der Waals surface area contributed by atoms with Crippen LogP contribution in [0.2, 0.25) is 0 Å². The molecule has 1 aliphatic rings. The van der Waals surface area contributed by atoms with Gasteiger partial charge in [-0.2, -0.15) is 13.2 Å². The summed E-state index contributed by atoms with van der Waals surface area (Å²) in [6.07, 6.45) is -3.30. The summed E-state index contributed by atoms with van der Waals surface area (Å²) in [6.45, 7) is 4.06. The second-order valence-electron chi connectivity index (χ2n) is 6.56. The molecule has 1 aliphatic heterocycles. The molecule has 0 bridgehead atoms. The number of hydrogen-bond donors (Lipinski definition) is 0. The number of nitrogens with zero attached hydrogens (tertiary/aromatic N) is 2. The highest BCUT2D eigenvalue weighted by Crippen LogP contribution is 2.37. The zero-order valence-corrected chi connectivity index (χ0v) is 15.3. The first kappa shape index (κ1) is 18.1. The molecule has 0 N–H and O–H groups in total. The van der Waals surface area contributed by atoms with Crippen molar-refractivity contribution in [3.05, 3.63) is 65.4 Å². The lowest BCUT2D eigenvalue weighted by Crippen LogP contribution is -2.25. The van der Waals surface area contributed by atoms with Crippen LogP contribution in [0.3, 0.4) is 0 Å². The molecule has 2 heterocycles. The van der Waals surface area contributed by atoms with Crippen LogP contribution in [0.15, 0.2) is 53.6 Å². The van der Waals surface area contributed by atoms with Crippen molar-refractivity contribution in [2.45, 2.75) is 31.1 Å². The molecule has 0 radical (unpaired) electrons. The highest BCUT2D eigenvalue weighted by molar-refractivity contribution is 7.90. The first-order valence-electron chi connectivity index (χ1n) is 8.49. The van der Waals surface area contributed by atoms with E-state index in [2.05, 4.69) is 4.90 Å². The van der Waals surface area contributed by atoms with Gasteiger partial charge in [-0.3, -0.25) is 4.90 Å². The van der Waals surface area contributed by atoms with E-state index in [0.29, 0.717) is 18.6 Å². The Morgan fingerprint density at radius 2 is 1.70 bits per heavy atom. The Morgan fingerprint density at radius 1 is 1.00 bits per heavy atom. The predicted molar refractivity (Wildman–Crippen MR) is 95.8 cm³/mol. The van der Waals surface area contributed by atoms with Crippen molar-refractivity contribution < 1.29 is 21.6 Å². The topological polar surface area (TPSA) is 42.3 Å². The number of hydrogen-bond acceptors (Lipinski definition) is 3. The van der Waals surface area contributed by atoms with Gasteiger partial charge in [0.2, 0.25) is 0 Å². The minimum absolute atomic E-state index is 0.412. The third-order valence-corrected chi connectivity index (χ3v) is 6.66. The molecule has 0 saturated heterocycles. The van der Waals surface area contributed by atoms with Crippen LogP contribution in [0.1, 0.15) is 23.6 Å². The monoisotopic (exact) mass is 394 g/mol. The Kier molecular flexibility index (Phi) is 4.08. The van der Waals surface area contributed by atoms with Crippen molar-refractivity contribution >= 4 is 20.9 Å². The molecule has 1 aromatic heterocycles. The van der Waals surface area contributed by atoms with E-state index in [1.54, 1.807) is 12.1 Å². The van der Waals surface area contributed by atoms with Gasteiger partial charge in [0.15, 0.2) is 0 Å². The van der Waals surface area contributed by atoms with E-state index >= 15 is 0 Å². The summed E-state index contributed by atoms with van der Waals surface area (Å²) in [5.41, 5.74) is 1.04. The highest BCUT2D eigenvalue weighted by Gasteiger charge is 2.38. The Hall–Kier alpha value is -2.32. The Bertz CT molecular complexity index is 1130. The quantitative estimate of drug-likeness (QED) is 0.668. The van der Waals surface area contributed by atoms with Gasteiger partial charge in [0.25, 0.3) is 10.0 Å². The summed E-state index contributed by atoms with van der Waals surface area (Å²) in [4.78, 5) is 1.41. The van der Waals surface area contributed by atoms with E-state index in [0.717, 1.165) is 39.2 Å². The van der Waals surface area contributed by atoms with E-state index in [4.69, 9.17) is 0 Å². The molecule has 0 amide bonds. The van der Waals surface area contributed by atoms with E-state index in [1.165, 1.54) is 18.3 Å². The highest BCUT2D eigenvalue weighted by atomic mass is 32.2. The van der Waals surface area contributed by atoms with Crippen molar-refractivity contribution in [1.82, 2.24) is 8.87 Å². The van der Waals surface area contributed by atoms with E-state index in [1.807, 2.05) is 13.0 Å². The molecular weight excluding hydrogens is 377 g/mol. The lowest BCUT2D eigenvalue weighted by molar-refractivity contribution is -0.139. The van der Waals surface area contributed by atoms with Crippen LogP contribution in [-0.2, 0) is 29.3 Å². The first-order chi connectivity index (χ1) is 12.7. The van der Waals surface area contributed by atoms with Crippen LogP contribution < -0.4 is 0 Å². The smallest absolute Gasteiger partial charge is 0.295 e. The fraction of sp³-hybridized carbons (Fsp3) is 0.263. The Labute approximate surface area is 154 Å². The predicted octanol–water partition coefficient (Wildman–Crippen LogP) is 4.23. The fourth-order valence-electron chi connectivity index (χ4n) is 3.66. The lowest BCUT2D eigenvalue weighted by atomic mass is 10.0.